The van der Waals surface area contributed by atoms with Crippen molar-refractivity contribution in [2.75, 3.05) is 24.5 Å². The van der Waals surface area contributed by atoms with Crippen LogP contribution in [-0.4, -0.2) is 30.6 Å². The van der Waals surface area contributed by atoms with Gasteiger partial charge in [0.2, 0.25) is 0 Å². The molecule has 1 aromatic heterocycles. The van der Waals surface area contributed by atoms with E-state index in [0.717, 1.165) is 36.6 Å². The molecule has 8 heteroatoms. The van der Waals surface area contributed by atoms with E-state index >= 15 is 0 Å². The Morgan fingerprint density at radius 2 is 1.90 bits per heavy atom. The lowest BCUT2D eigenvalue weighted by molar-refractivity contribution is -0.137. The zero-order valence-electron chi connectivity index (χ0n) is 16.5. The highest BCUT2D eigenvalue weighted by Crippen LogP contribution is 2.29. The number of rotatable bonds is 6. The van der Waals surface area contributed by atoms with E-state index in [1.165, 1.54) is 18.9 Å². The molecule has 0 amide bonds. The summed E-state index contributed by atoms with van der Waals surface area (Å²) in [5, 5.41) is 6.37. The van der Waals surface area contributed by atoms with Crippen LogP contribution in [0.1, 0.15) is 36.5 Å². The van der Waals surface area contributed by atoms with Crippen molar-refractivity contribution in [3.8, 4) is 0 Å². The van der Waals surface area contributed by atoms with Gasteiger partial charge in [0.05, 0.1) is 12.1 Å². The van der Waals surface area contributed by atoms with Gasteiger partial charge in [-0.25, -0.2) is 9.98 Å². The number of anilines is 1. The fourth-order valence-corrected chi connectivity index (χ4v) is 3.23. The minimum absolute atomic E-state index is 0.161. The summed E-state index contributed by atoms with van der Waals surface area (Å²) in [6.07, 6.45) is -0.165. The lowest BCUT2D eigenvalue weighted by Gasteiger charge is -2.17. The van der Waals surface area contributed by atoms with Crippen molar-refractivity contribution in [2.24, 2.45) is 4.99 Å². The molecule has 1 aliphatic heterocycles. The molecule has 0 unspecified atom stereocenters. The van der Waals surface area contributed by atoms with Gasteiger partial charge in [0, 0.05) is 32.4 Å². The van der Waals surface area contributed by atoms with E-state index < -0.39 is 11.7 Å². The van der Waals surface area contributed by atoms with Gasteiger partial charge in [-0.15, -0.1) is 0 Å². The second-order valence-electron chi connectivity index (χ2n) is 6.96. The predicted octanol–water partition coefficient (Wildman–Crippen LogP) is 3.96. The first-order valence-corrected chi connectivity index (χ1v) is 9.84. The third-order valence-corrected chi connectivity index (χ3v) is 4.72. The zero-order valence-corrected chi connectivity index (χ0v) is 16.5. The molecule has 2 N–H and O–H groups in total. The van der Waals surface area contributed by atoms with Gasteiger partial charge in [0.25, 0.3) is 0 Å². The van der Waals surface area contributed by atoms with Gasteiger partial charge in [0.15, 0.2) is 5.96 Å². The van der Waals surface area contributed by atoms with Gasteiger partial charge in [-0.05, 0) is 55.2 Å². The second-order valence-corrected chi connectivity index (χ2v) is 6.96. The minimum atomic E-state index is -4.35. The zero-order chi connectivity index (χ0) is 20.7. The molecule has 3 rings (SSSR count). The molecule has 1 fully saturated rings. The number of hydrogen-bond acceptors (Lipinski definition) is 3. The Labute approximate surface area is 169 Å². The third-order valence-electron chi connectivity index (χ3n) is 4.72. The monoisotopic (exact) mass is 405 g/mol. The van der Waals surface area contributed by atoms with Gasteiger partial charge in [-0.3, -0.25) is 0 Å². The van der Waals surface area contributed by atoms with E-state index in [-0.39, 0.29) is 6.54 Å². The minimum Gasteiger partial charge on any atom is -0.357 e. The smallest absolute Gasteiger partial charge is 0.357 e. The van der Waals surface area contributed by atoms with Crippen LogP contribution in [0.25, 0.3) is 0 Å². The van der Waals surface area contributed by atoms with Crippen LogP contribution in [0.4, 0.5) is 19.0 Å². The summed E-state index contributed by atoms with van der Waals surface area (Å²) in [4.78, 5) is 11.1. The van der Waals surface area contributed by atoms with Crippen LogP contribution in [-0.2, 0) is 19.3 Å². The Kier molecular flexibility index (Phi) is 6.95. The van der Waals surface area contributed by atoms with E-state index in [2.05, 4.69) is 31.6 Å². The average molecular weight is 405 g/mol. The number of hydrogen-bond donors (Lipinski definition) is 2. The van der Waals surface area contributed by atoms with Crippen LogP contribution in [0.5, 0.6) is 0 Å². The quantitative estimate of drug-likeness (QED) is 0.564. The molecule has 1 saturated heterocycles. The van der Waals surface area contributed by atoms with Gasteiger partial charge < -0.3 is 15.5 Å². The molecule has 5 nitrogen and oxygen atoms in total. The number of nitrogens with zero attached hydrogens (tertiary/aromatic N) is 3. The number of guanidine groups is 1. The Morgan fingerprint density at radius 1 is 1.10 bits per heavy atom. The van der Waals surface area contributed by atoms with E-state index in [9.17, 15) is 13.2 Å². The fraction of sp³-hybridized carbons (Fsp3) is 0.429. The molecule has 0 atom stereocenters. The molecule has 2 aromatic rings. The van der Waals surface area contributed by atoms with Crippen LogP contribution < -0.4 is 15.5 Å². The first kappa shape index (κ1) is 21.0. The van der Waals surface area contributed by atoms with Crippen LogP contribution in [0, 0.1) is 0 Å². The average Bonchev–Trinajstić information content (AvgIpc) is 3.25. The highest BCUT2D eigenvalue weighted by Gasteiger charge is 2.30. The van der Waals surface area contributed by atoms with E-state index in [0.29, 0.717) is 24.6 Å². The molecule has 0 spiro atoms. The lowest BCUT2D eigenvalue weighted by atomic mass is 10.1. The second kappa shape index (κ2) is 9.62. The molecular weight excluding hydrogens is 379 g/mol. The molecule has 0 aliphatic carbocycles. The fourth-order valence-electron chi connectivity index (χ4n) is 3.23. The van der Waals surface area contributed by atoms with Crippen LogP contribution in [0.2, 0.25) is 0 Å². The number of nitrogens with one attached hydrogen (secondary N) is 2. The maximum Gasteiger partial charge on any atom is 0.416 e. The number of pyridine rings is 1. The number of benzene rings is 1. The van der Waals surface area contributed by atoms with Crippen LogP contribution in [0.15, 0.2) is 47.6 Å². The summed E-state index contributed by atoms with van der Waals surface area (Å²) in [5.41, 5.74) is 0.929. The summed E-state index contributed by atoms with van der Waals surface area (Å²) in [5.74, 6) is 1.54. The van der Waals surface area contributed by atoms with Crippen LogP contribution >= 0.6 is 0 Å². The lowest BCUT2D eigenvalue weighted by Crippen LogP contribution is -2.36. The van der Waals surface area contributed by atoms with E-state index in [1.54, 1.807) is 12.3 Å². The highest BCUT2D eigenvalue weighted by atomic mass is 19.4. The topological polar surface area (TPSA) is 52.6 Å². The molecule has 0 bridgehead atoms. The number of aliphatic imine (C=N–C) groups is 1. The predicted molar refractivity (Wildman–Crippen MR) is 109 cm³/mol. The van der Waals surface area contributed by atoms with Gasteiger partial charge >= 0.3 is 6.18 Å². The van der Waals surface area contributed by atoms with Crippen molar-refractivity contribution in [3.63, 3.8) is 0 Å². The van der Waals surface area contributed by atoms with E-state index in [4.69, 9.17) is 0 Å². The SMILES string of the molecule is CCNC(=NCc1cccc(C(F)(F)F)c1)NCc1ccnc(N2CCCC2)c1. The van der Waals surface area contributed by atoms with Crippen molar-refractivity contribution in [3.05, 3.63) is 59.3 Å². The molecule has 29 heavy (non-hydrogen) atoms. The Bertz CT molecular complexity index is 829. The molecule has 1 aliphatic rings. The summed E-state index contributed by atoms with van der Waals surface area (Å²) < 4.78 is 38.6. The van der Waals surface area contributed by atoms with Gasteiger partial charge in [0.1, 0.15) is 5.82 Å². The number of alkyl halides is 3. The van der Waals surface area contributed by atoms with Gasteiger partial charge in [-0.1, -0.05) is 12.1 Å². The van der Waals surface area contributed by atoms with Crippen molar-refractivity contribution < 1.29 is 13.2 Å². The molecule has 156 valence electrons. The Balaban J connectivity index is 1.63. The molecule has 0 radical (unpaired) electrons. The summed E-state index contributed by atoms with van der Waals surface area (Å²) in [6, 6.07) is 9.27. The van der Waals surface area contributed by atoms with Crippen molar-refractivity contribution in [2.45, 2.75) is 39.0 Å². The van der Waals surface area contributed by atoms with Crippen molar-refractivity contribution in [1.29, 1.82) is 0 Å². The first-order chi connectivity index (χ1) is 14.0. The van der Waals surface area contributed by atoms with Crippen molar-refractivity contribution in [1.82, 2.24) is 15.6 Å². The standard InChI is InChI=1S/C21H26F3N5/c1-2-25-20(27-14-16-6-5-7-18(12-16)21(22,23)24)28-15-17-8-9-26-19(13-17)29-10-3-4-11-29/h5-9,12-13H,2-4,10-11,14-15H2,1H3,(H2,25,27,28). The molecular formula is C21H26F3N5. The van der Waals surface area contributed by atoms with E-state index in [1.807, 2.05) is 13.0 Å². The summed E-state index contributed by atoms with van der Waals surface area (Å²) in [7, 11) is 0. The molecule has 0 saturated carbocycles. The molecule has 1 aromatic carbocycles. The Morgan fingerprint density at radius 3 is 2.62 bits per heavy atom. The van der Waals surface area contributed by atoms with Crippen molar-refractivity contribution >= 4 is 11.8 Å². The number of halogens is 3. The summed E-state index contributed by atoms with van der Waals surface area (Å²) >= 11 is 0. The Hall–Kier alpha value is -2.77. The van der Waals surface area contributed by atoms with Gasteiger partial charge in [-0.2, -0.15) is 13.2 Å². The number of aromatic nitrogens is 1. The van der Waals surface area contributed by atoms with Crippen LogP contribution in [0.3, 0.4) is 0 Å². The molecule has 2 heterocycles. The normalized spacial score (nSPS) is 14.9. The summed E-state index contributed by atoms with van der Waals surface area (Å²) in [6.45, 7) is 5.38. The third kappa shape index (κ3) is 6.10. The highest BCUT2D eigenvalue weighted by molar-refractivity contribution is 5.79. The first-order valence-electron chi connectivity index (χ1n) is 9.84. The maximum absolute atomic E-state index is 12.9. The largest absolute Gasteiger partial charge is 0.416 e. The maximum atomic E-state index is 12.9.